The van der Waals surface area contributed by atoms with Gasteiger partial charge in [0.15, 0.2) is 0 Å². The molecule has 2 N–H and O–H groups in total. The number of hydrogen-bond acceptors (Lipinski definition) is 3. The number of carbonyl (C=O) groups excluding carboxylic acids is 2. The molecule has 0 spiro atoms. The van der Waals surface area contributed by atoms with Crippen LogP contribution in [0, 0.1) is 0 Å². The second-order valence-electron chi connectivity index (χ2n) is 6.05. The van der Waals surface area contributed by atoms with Gasteiger partial charge in [-0.25, -0.2) is 0 Å². The quantitative estimate of drug-likeness (QED) is 0.808. The van der Waals surface area contributed by atoms with Crippen LogP contribution in [0.2, 0.25) is 0 Å². The van der Waals surface area contributed by atoms with Crippen LogP contribution >= 0.6 is 0 Å². The van der Waals surface area contributed by atoms with Crippen molar-refractivity contribution in [3.63, 3.8) is 0 Å². The number of nitrogens with zero attached hydrogens (tertiary/aromatic N) is 1. The van der Waals surface area contributed by atoms with Crippen LogP contribution in [0.5, 0.6) is 0 Å². The van der Waals surface area contributed by atoms with E-state index >= 15 is 0 Å². The van der Waals surface area contributed by atoms with Crippen LogP contribution in [0.15, 0.2) is 36.4 Å². The summed E-state index contributed by atoms with van der Waals surface area (Å²) < 4.78 is 0. The molecule has 1 fully saturated rings. The van der Waals surface area contributed by atoms with Gasteiger partial charge < -0.3 is 15.5 Å². The summed E-state index contributed by atoms with van der Waals surface area (Å²) in [5.41, 5.74) is 2.21. The van der Waals surface area contributed by atoms with E-state index in [1.54, 1.807) is 17.1 Å². The van der Waals surface area contributed by atoms with Gasteiger partial charge in [0.2, 0.25) is 5.91 Å². The third-order valence-electron chi connectivity index (χ3n) is 4.53. The number of para-hydroxylation sites is 1. The number of fused-ring (bicyclic) bond motifs is 1. The fraction of sp³-hybridized carbons (Fsp3) is 0.444. The predicted octanol–water partition coefficient (Wildman–Crippen LogP) is 1.39. The Bertz CT molecular complexity index is 622. The van der Waals surface area contributed by atoms with Crippen LogP contribution in [-0.2, 0) is 16.0 Å². The highest BCUT2D eigenvalue weighted by Crippen LogP contribution is 2.27. The highest BCUT2D eigenvalue weighted by molar-refractivity contribution is 6.03. The van der Waals surface area contributed by atoms with Crippen molar-refractivity contribution in [3.05, 3.63) is 42.0 Å². The van der Waals surface area contributed by atoms with E-state index in [4.69, 9.17) is 0 Å². The van der Waals surface area contributed by atoms with Crippen molar-refractivity contribution in [2.45, 2.75) is 38.3 Å². The number of rotatable bonds is 5. The number of carbonyl (C=O) groups is 2. The molecule has 0 bridgehead atoms. The first kappa shape index (κ1) is 15.7. The Hall–Kier alpha value is -2.14. The fourth-order valence-electron chi connectivity index (χ4n) is 2.94. The molecule has 0 aliphatic carbocycles. The van der Waals surface area contributed by atoms with E-state index in [1.807, 2.05) is 25.1 Å². The van der Waals surface area contributed by atoms with Gasteiger partial charge in [-0.15, -0.1) is 0 Å². The molecule has 2 heterocycles. The minimum Gasteiger partial charge on any atom is -0.349 e. The number of hydrogen-bond donors (Lipinski definition) is 2. The molecule has 2 amide bonds. The van der Waals surface area contributed by atoms with Crippen molar-refractivity contribution in [3.8, 4) is 0 Å². The number of nitrogens with one attached hydrogen (secondary N) is 2. The maximum atomic E-state index is 12.4. The van der Waals surface area contributed by atoms with Crippen LogP contribution in [0.3, 0.4) is 0 Å². The zero-order valence-electron chi connectivity index (χ0n) is 13.4. The Balaban J connectivity index is 1.60. The molecule has 1 aromatic carbocycles. The van der Waals surface area contributed by atoms with Gasteiger partial charge in [-0.1, -0.05) is 31.2 Å². The van der Waals surface area contributed by atoms with Crippen LogP contribution in [-0.4, -0.2) is 37.0 Å². The molecular weight excluding hydrogens is 290 g/mol. The van der Waals surface area contributed by atoms with Gasteiger partial charge in [0, 0.05) is 24.4 Å². The van der Waals surface area contributed by atoms with Crippen molar-refractivity contribution in [1.82, 2.24) is 10.6 Å². The van der Waals surface area contributed by atoms with E-state index in [0.29, 0.717) is 0 Å². The molecule has 0 unspecified atom stereocenters. The van der Waals surface area contributed by atoms with Gasteiger partial charge in [-0.2, -0.15) is 0 Å². The van der Waals surface area contributed by atoms with Gasteiger partial charge in [0.25, 0.3) is 5.91 Å². The fourth-order valence-corrected chi connectivity index (χ4v) is 2.94. The molecule has 0 saturated carbocycles. The van der Waals surface area contributed by atoms with Gasteiger partial charge in [0.05, 0.1) is 6.04 Å². The highest BCUT2D eigenvalue weighted by Gasteiger charge is 2.26. The zero-order chi connectivity index (χ0) is 16.2. The summed E-state index contributed by atoms with van der Waals surface area (Å²) in [7, 11) is 0. The topological polar surface area (TPSA) is 61.4 Å². The Morgan fingerprint density at radius 1 is 1.43 bits per heavy atom. The lowest BCUT2D eigenvalue weighted by Gasteiger charge is -2.27. The smallest absolute Gasteiger partial charge is 0.250 e. The van der Waals surface area contributed by atoms with E-state index in [2.05, 4.69) is 16.7 Å². The van der Waals surface area contributed by atoms with E-state index in [-0.39, 0.29) is 23.9 Å². The van der Waals surface area contributed by atoms with Gasteiger partial charge in [-0.05, 0) is 37.4 Å². The molecule has 0 aromatic heterocycles. The normalized spacial score (nSPS) is 20.9. The summed E-state index contributed by atoms with van der Waals surface area (Å²) in [5.74, 6) is -0.00358. The minimum atomic E-state index is -0.105. The first-order valence-corrected chi connectivity index (χ1v) is 8.30. The number of amides is 2. The van der Waals surface area contributed by atoms with E-state index < -0.39 is 0 Å². The van der Waals surface area contributed by atoms with Crippen molar-refractivity contribution in [1.29, 1.82) is 0 Å². The molecule has 2 aliphatic heterocycles. The van der Waals surface area contributed by atoms with Crippen molar-refractivity contribution >= 4 is 17.5 Å². The maximum absolute atomic E-state index is 12.4. The summed E-state index contributed by atoms with van der Waals surface area (Å²) in [6.07, 6.45) is 5.94. The van der Waals surface area contributed by atoms with Crippen LogP contribution in [0.25, 0.3) is 0 Å². The van der Waals surface area contributed by atoms with E-state index in [1.165, 1.54) is 5.56 Å². The summed E-state index contributed by atoms with van der Waals surface area (Å²) in [5, 5.41) is 6.06. The Morgan fingerprint density at radius 3 is 2.91 bits per heavy atom. The second kappa shape index (κ2) is 6.96. The monoisotopic (exact) mass is 313 g/mol. The maximum Gasteiger partial charge on any atom is 0.250 e. The zero-order valence-corrected chi connectivity index (χ0v) is 13.4. The highest BCUT2D eigenvalue weighted by atomic mass is 16.2. The molecule has 5 nitrogen and oxygen atoms in total. The van der Waals surface area contributed by atoms with E-state index in [9.17, 15) is 9.59 Å². The summed E-state index contributed by atoms with van der Waals surface area (Å²) in [4.78, 5) is 26.2. The molecule has 2 aliphatic rings. The molecule has 23 heavy (non-hydrogen) atoms. The first-order valence-electron chi connectivity index (χ1n) is 8.30. The first-order chi connectivity index (χ1) is 11.2. The average Bonchev–Trinajstić information content (AvgIpc) is 2.93. The lowest BCUT2D eigenvalue weighted by molar-refractivity contribution is -0.125. The largest absolute Gasteiger partial charge is 0.349 e. The molecule has 0 radical (unpaired) electrons. The van der Waals surface area contributed by atoms with Crippen LogP contribution < -0.4 is 15.5 Å². The molecule has 1 saturated heterocycles. The number of benzene rings is 1. The SMILES string of the molecule is CC[C@@H](C=CC(=O)N1CCc2ccccc21)NC(=O)[C@@H]1CCN1. The van der Waals surface area contributed by atoms with Crippen molar-refractivity contribution < 1.29 is 9.59 Å². The minimum absolute atomic E-state index is 0.0201. The molecular formula is C18H23N3O2. The predicted molar refractivity (Wildman–Crippen MR) is 90.3 cm³/mol. The van der Waals surface area contributed by atoms with Crippen LogP contribution in [0.4, 0.5) is 5.69 Å². The molecule has 5 heteroatoms. The van der Waals surface area contributed by atoms with Gasteiger partial charge in [-0.3, -0.25) is 9.59 Å². The Kier molecular flexibility index (Phi) is 4.76. The van der Waals surface area contributed by atoms with E-state index in [0.717, 1.165) is 38.0 Å². The van der Waals surface area contributed by atoms with Crippen LogP contribution in [0.1, 0.15) is 25.3 Å². The van der Waals surface area contributed by atoms with Crippen molar-refractivity contribution in [2.75, 3.05) is 18.0 Å². The lowest BCUT2D eigenvalue weighted by Crippen LogP contribution is -2.54. The third-order valence-corrected chi connectivity index (χ3v) is 4.53. The molecule has 3 rings (SSSR count). The summed E-state index contributed by atoms with van der Waals surface area (Å²) >= 11 is 0. The van der Waals surface area contributed by atoms with Gasteiger partial charge >= 0.3 is 0 Å². The summed E-state index contributed by atoms with van der Waals surface area (Å²) in [6.45, 7) is 3.62. The number of anilines is 1. The standard InChI is InChI=1S/C18H23N3O2/c1-2-14(20-18(23)15-9-11-19-15)7-8-17(22)21-12-10-13-5-3-4-6-16(13)21/h3-8,14-15,19H,2,9-12H2,1H3,(H,20,23)/t14-,15-/m0/s1. The van der Waals surface area contributed by atoms with Gasteiger partial charge in [0.1, 0.15) is 0 Å². The molecule has 2 atom stereocenters. The average molecular weight is 313 g/mol. The molecule has 122 valence electrons. The third kappa shape index (κ3) is 3.45. The summed E-state index contributed by atoms with van der Waals surface area (Å²) in [6, 6.07) is 7.82. The van der Waals surface area contributed by atoms with Crippen molar-refractivity contribution in [2.24, 2.45) is 0 Å². The molecule has 1 aromatic rings. The Morgan fingerprint density at radius 2 is 2.22 bits per heavy atom. The Labute approximate surface area is 136 Å². The second-order valence-corrected chi connectivity index (χ2v) is 6.05. The lowest BCUT2D eigenvalue weighted by atomic mass is 10.1.